The highest BCUT2D eigenvalue weighted by atomic mass is 16.2. The average molecular weight is 347 g/mol. The largest absolute Gasteiger partial charge is 0.369 e. The van der Waals surface area contributed by atoms with Crippen molar-refractivity contribution in [3.05, 3.63) is 93.9 Å². The molecule has 0 aliphatic heterocycles. The van der Waals surface area contributed by atoms with Gasteiger partial charge in [-0.2, -0.15) is 0 Å². The molecule has 26 heavy (non-hydrogen) atoms. The van der Waals surface area contributed by atoms with Crippen molar-refractivity contribution in [2.75, 3.05) is 17.3 Å². The molecular weight excluding hydrogens is 326 g/mol. The molecule has 1 aromatic heterocycles. The number of pyridine rings is 1. The molecule has 0 saturated carbocycles. The zero-order valence-electron chi connectivity index (χ0n) is 14.8. The van der Waals surface area contributed by atoms with E-state index in [0.717, 1.165) is 11.4 Å². The molecule has 5 heteroatoms. The van der Waals surface area contributed by atoms with Crippen LogP contribution >= 0.6 is 0 Å². The number of aryl methyl sites for hydroxylation is 1. The number of aromatic nitrogens is 1. The molecule has 2 aromatic carbocycles. The van der Waals surface area contributed by atoms with Crippen molar-refractivity contribution in [1.29, 1.82) is 0 Å². The molecule has 0 unspecified atom stereocenters. The Morgan fingerprint density at radius 1 is 1.08 bits per heavy atom. The molecule has 0 aliphatic rings. The second-order valence-corrected chi connectivity index (χ2v) is 6.21. The van der Waals surface area contributed by atoms with Crippen LogP contribution in [-0.2, 0) is 6.54 Å². The van der Waals surface area contributed by atoms with Gasteiger partial charge in [-0.15, -0.1) is 0 Å². The summed E-state index contributed by atoms with van der Waals surface area (Å²) in [6.45, 7) is 2.48. The summed E-state index contributed by atoms with van der Waals surface area (Å²) in [4.78, 5) is 29.5. The van der Waals surface area contributed by atoms with E-state index in [0.29, 0.717) is 12.2 Å². The fraction of sp³-hybridized carbons (Fsp3) is 0.143. The van der Waals surface area contributed by atoms with E-state index in [9.17, 15) is 9.59 Å². The van der Waals surface area contributed by atoms with Crippen molar-refractivity contribution in [2.45, 2.75) is 13.5 Å². The number of anilines is 2. The second-order valence-electron chi connectivity index (χ2n) is 6.21. The number of aromatic amines is 1. The molecular formula is C21H21N3O2. The number of hydrogen-bond donors (Lipinski definition) is 2. The van der Waals surface area contributed by atoms with Gasteiger partial charge in [0.05, 0.1) is 11.4 Å². The van der Waals surface area contributed by atoms with Crippen LogP contribution in [0, 0.1) is 6.92 Å². The lowest BCUT2D eigenvalue weighted by Gasteiger charge is -2.22. The van der Waals surface area contributed by atoms with Crippen molar-refractivity contribution < 1.29 is 4.79 Å². The number of carbonyl (C=O) groups excluding carboxylic acids is 1. The van der Waals surface area contributed by atoms with Crippen LogP contribution < -0.4 is 15.6 Å². The molecule has 3 aromatic rings. The van der Waals surface area contributed by atoms with E-state index >= 15 is 0 Å². The number of carbonyl (C=O) groups is 1. The Hall–Kier alpha value is -3.34. The molecule has 1 amide bonds. The molecule has 5 nitrogen and oxygen atoms in total. The molecule has 0 fully saturated rings. The lowest BCUT2D eigenvalue weighted by molar-refractivity contribution is 0.102. The first-order chi connectivity index (χ1) is 12.5. The first-order valence-corrected chi connectivity index (χ1v) is 8.39. The monoisotopic (exact) mass is 347 g/mol. The van der Waals surface area contributed by atoms with E-state index in [-0.39, 0.29) is 11.0 Å². The Morgan fingerprint density at radius 3 is 2.50 bits per heavy atom. The van der Waals surface area contributed by atoms with E-state index in [4.69, 9.17) is 0 Å². The number of amides is 1. The Morgan fingerprint density at radius 2 is 1.77 bits per heavy atom. The number of hydrogen-bond acceptors (Lipinski definition) is 3. The Labute approximate surface area is 152 Å². The van der Waals surface area contributed by atoms with Gasteiger partial charge in [-0.3, -0.25) is 9.59 Å². The molecule has 132 valence electrons. The highest BCUT2D eigenvalue weighted by Crippen LogP contribution is 2.26. The molecule has 0 saturated heterocycles. The Balaban J connectivity index is 1.82. The number of nitrogens with zero attached hydrogens (tertiary/aromatic N) is 1. The highest BCUT2D eigenvalue weighted by Gasteiger charge is 2.14. The zero-order valence-corrected chi connectivity index (χ0v) is 14.8. The normalized spacial score (nSPS) is 10.4. The van der Waals surface area contributed by atoms with Crippen LogP contribution in [0.2, 0.25) is 0 Å². The summed E-state index contributed by atoms with van der Waals surface area (Å²) in [7, 11) is 1.97. The van der Waals surface area contributed by atoms with Crippen LogP contribution in [0.15, 0.2) is 71.7 Å². The van der Waals surface area contributed by atoms with Crippen LogP contribution in [0.25, 0.3) is 0 Å². The summed E-state index contributed by atoms with van der Waals surface area (Å²) in [6.07, 6.45) is 1.45. The van der Waals surface area contributed by atoms with Crippen LogP contribution in [-0.4, -0.2) is 17.9 Å². The highest BCUT2D eigenvalue weighted by molar-refractivity contribution is 6.05. The van der Waals surface area contributed by atoms with Crippen molar-refractivity contribution >= 4 is 17.3 Å². The minimum atomic E-state index is -0.424. The van der Waals surface area contributed by atoms with Gasteiger partial charge in [-0.05, 0) is 24.6 Å². The van der Waals surface area contributed by atoms with E-state index in [1.165, 1.54) is 17.8 Å². The predicted octanol–water partition coefficient (Wildman–Crippen LogP) is 3.57. The van der Waals surface area contributed by atoms with E-state index in [1.54, 1.807) is 6.92 Å². The first-order valence-electron chi connectivity index (χ1n) is 8.39. The Kier molecular flexibility index (Phi) is 5.17. The van der Waals surface area contributed by atoms with Gasteiger partial charge in [0, 0.05) is 31.5 Å². The third-order valence-corrected chi connectivity index (χ3v) is 4.13. The first kappa shape index (κ1) is 17.5. The van der Waals surface area contributed by atoms with Crippen LogP contribution in [0.5, 0.6) is 0 Å². The maximum atomic E-state index is 12.5. The van der Waals surface area contributed by atoms with Gasteiger partial charge in [0.1, 0.15) is 5.56 Å². The van der Waals surface area contributed by atoms with Gasteiger partial charge >= 0.3 is 0 Å². The summed E-state index contributed by atoms with van der Waals surface area (Å²) in [5, 5.41) is 2.85. The summed E-state index contributed by atoms with van der Waals surface area (Å²) in [6, 6.07) is 19.1. The summed E-state index contributed by atoms with van der Waals surface area (Å²) in [5.74, 6) is -0.424. The van der Waals surface area contributed by atoms with Crippen LogP contribution in [0.3, 0.4) is 0 Å². The van der Waals surface area contributed by atoms with Crippen molar-refractivity contribution in [2.24, 2.45) is 0 Å². The van der Waals surface area contributed by atoms with Gasteiger partial charge in [-0.1, -0.05) is 42.5 Å². The van der Waals surface area contributed by atoms with Crippen LogP contribution in [0.1, 0.15) is 21.6 Å². The summed E-state index contributed by atoms with van der Waals surface area (Å²) in [5.41, 5.74) is 3.23. The topological polar surface area (TPSA) is 65.2 Å². The summed E-state index contributed by atoms with van der Waals surface area (Å²) < 4.78 is 0. The average Bonchev–Trinajstić information content (AvgIpc) is 2.62. The fourth-order valence-corrected chi connectivity index (χ4v) is 2.79. The molecule has 3 rings (SSSR count). The summed E-state index contributed by atoms with van der Waals surface area (Å²) >= 11 is 0. The standard InChI is InChI=1S/C21H21N3O2/c1-15-12-20(25)17(13-22-15)21(26)23-18-10-6-7-11-19(18)24(2)14-16-8-4-3-5-9-16/h3-13H,14H2,1-2H3,(H,22,25)(H,23,26). The second kappa shape index (κ2) is 7.70. The maximum Gasteiger partial charge on any atom is 0.261 e. The molecule has 0 radical (unpaired) electrons. The van der Waals surface area contributed by atoms with Crippen molar-refractivity contribution in [3.8, 4) is 0 Å². The Bertz CT molecular complexity index is 964. The maximum absolute atomic E-state index is 12.5. The van der Waals surface area contributed by atoms with Gasteiger partial charge < -0.3 is 15.2 Å². The third-order valence-electron chi connectivity index (χ3n) is 4.13. The fourth-order valence-electron chi connectivity index (χ4n) is 2.79. The quantitative estimate of drug-likeness (QED) is 0.741. The van der Waals surface area contributed by atoms with Gasteiger partial charge in [0.25, 0.3) is 5.91 Å². The lowest BCUT2D eigenvalue weighted by Crippen LogP contribution is -2.23. The molecule has 0 aliphatic carbocycles. The molecule has 0 spiro atoms. The van der Waals surface area contributed by atoms with Gasteiger partial charge in [-0.25, -0.2) is 0 Å². The zero-order chi connectivity index (χ0) is 18.5. The lowest BCUT2D eigenvalue weighted by atomic mass is 10.1. The van der Waals surface area contributed by atoms with E-state index in [2.05, 4.69) is 27.3 Å². The van der Waals surface area contributed by atoms with Gasteiger partial charge in [0.15, 0.2) is 5.43 Å². The number of nitrogens with one attached hydrogen (secondary N) is 2. The molecule has 0 atom stereocenters. The minimum absolute atomic E-state index is 0.0936. The van der Waals surface area contributed by atoms with Crippen molar-refractivity contribution in [3.63, 3.8) is 0 Å². The molecule has 0 bridgehead atoms. The third kappa shape index (κ3) is 4.00. The molecule has 2 N–H and O–H groups in total. The van der Waals surface area contributed by atoms with E-state index in [1.807, 2.05) is 49.5 Å². The number of benzene rings is 2. The van der Waals surface area contributed by atoms with Crippen molar-refractivity contribution in [1.82, 2.24) is 4.98 Å². The number of rotatable bonds is 5. The number of H-pyrrole nitrogens is 1. The smallest absolute Gasteiger partial charge is 0.261 e. The molecule has 1 heterocycles. The van der Waals surface area contributed by atoms with E-state index < -0.39 is 5.91 Å². The predicted molar refractivity (Wildman–Crippen MR) is 105 cm³/mol. The SMILES string of the molecule is Cc1cc(=O)c(C(=O)Nc2ccccc2N(C)Cc2ccccc2)c[nH]1. The van der Waals surface area contributed by atoms with Crippen LogP contribution in [0.4, 0.5) is 11.4 Å². The minimum Gasteiger partial charge on any atom is -0.369 e. The van der Waals surface area contributed by atoms with Gasteiger partial charge in [0.2, 0.25) is 0 Å². The number of para-hydroxylation sites is 2.